The zero-order chi connectivity index (χ0) is 14.3. The summed E-state index contributed by atoms with van der Waals surface area (Å²) in [6, 6.07) is 10.6. The first kappa shape index (κ1) is 14.8. The van der Waals surface area contributed by atoms with Gasteiger partial charge in [-0.15, -0.1) is 0 Å². The standard InChI is InChI=1S/C16H22N2O2/c1-19-15-5-3-14(4-6-15)16(7-11-20-12-8-16)13-18-10-2-9-17/h3-6,18H,2,7-8,10-13H2,1H3/p+1. The molecule has 1 aromatic carbocycles. The summed E-state index contributed by atoms with van der Waals surface area (Å²) in [5.41, 5.74) is 1.52. The van der Waals surface area contributed by atoms with Crippen LogP contribution in [0, 0.1) is 11.3 Å². The van der Waals surface area contributed by atoms with E-state index in [4.69, 9.17) is 14.7 Å². The van der Waals surface area contributed by atoms with Crippen LogP contribution in [-0.4, -0.2) is 33.4 Å². The molecule has 1 saturated heterocycles. The van der Waals surface area contributed by atoms with Crippen LogP contribution in [0.1, 0.15) is 24.8 Å². The molecule has 1 fully saturated rings. The summed E-state index contributed by atoms with van der Waals surface area (Å²) in [4.78, 5) is 0. The fourth-order valence-corrected chi connectivity index (χ4v) is 2.86. The highest BCUT2D eigenvalue weighted by Gasteiger charge is 2.36. The summed E-state index contributed by atoms with van der Waals surface area (Å²) in [6.45, 7) is 3.52. The number of hydrogen-bond donors (Lipinski definition) is 1. The Morgan fingerprint density at radius 1 is 1.30 bits per heavy atom. The molecule has 20 heavy (non-hydrogen) atoms. The molecule has 0 saturated carbocycles. The summed E-state index contributed by atoms with van der Waals surface area (Å²) in [7, 11) is 1.69. The molecule has 0 spiro atoms. The Labute approximate surface area is 120 Å². The number of rotatable bonds is 6. The van der Waals surface area contributed by atoms with Gasteiger partial charge in [0.2, 0.25) is 0 Å². The molecule has 1 heterocycles. The van der Waals surface area contributed by atoms with Crippen molar-refractivity contribution in [2.75, 3.05) is 33.4 Å². The predicted octanol–water partition coefficient (Wildman–Crippen LogP) is 1.22. The number of nitrogens with zero attached hydrogens (tertiary/aromatic N) is 1. The van der Waals surface area contributed by atoms with Crippen LogP contribution >= 0.6 is 0 Å². The highest BCUT2D eigenvalue weighted by atomic mass is 16.5. The molecule has 4 nitrogen and oxygen atoms in total. The van der Waals surface area contributed by atoms with Crippen molar-refractivity contribution >= 4 is 0 Å². The van der Waals surface area contributed by atoms with E-state index in [1.807, 2.05) is 12.1 Å². The van der Waals surface area contributed by atoms with Gasteiger partial charge in [0.25, 0.3) is 0 Å². The van der Waals surface area contributed by atoms with Crippen molar-refractivity contribution in [2.24, 2.45) is 0 Å². The second kappa shape index (κ2) is 7.28. The number of ether oxygens (including phenoxy) is 2. The molecule has 0 unspecified atom stereocenters. The zero-order valence-electron chi connectivity index (χ0n) is 12.1. The van der Waals surface area contributed by atoms with Crippen LogP contribution in [0.25, 0.3) is 0 Å². The number of nitriles is 1. The molecule has 2 N–H and O–H groups in total. The van der Waals surface area contributed by atoms with Gasteiger partial charge in [0.15, 0.2) is 0 Å². The Morgan fingerprint density at radius 2 is 2.00 bits per heavy atom. The second-order valence-corrected chi connectivity index (χ2v) is 5.31. The molecule has 1 aliphatic heterocycles. The van der Waals surface area contributed by atoms with Crippen molar-refractivity contribution in [1.82, 2.24) is 0 Å². The maximum atomic E-state index is 8.64. The van der Waals surface area contributed by atoms with E-state index >= 15 is 0 Å². The summed E-state index contributed by atoms with van der Waals surface area (Å²) in [6.07, 6.45) is 2.69. The summed E-state index contributed by atoms with van der Waals surface area (Å²) in [5.74, 6) is 0.893. The Morgan fingerprint density at radius 3 is 2.60 bits per heavy atom. The third-order valence-electron chi connectivity index (χ3n) is 4.15. The van der Waals surface area contributed by atoms with Gasteiger partial charge in [-0.3, -0.25) is 0 Å². The molecule has 108 valence electrons. The topological polar surface area (TPSA) is 58.9 Å². The lowest BCUT2D eigenvalue weighted by molar-refractivity contribution is -0.662. The van der Waals surface area contributed by atoms with Crippen LogP contribution in [0.3, 0.4) is 0 Å². The van der Waals surface area contributed by atoms with E-state index < -0.39 is 0 Å². The Kier molecular flexibility index (Phi) is 5.40. The maximum Gasteiger partial charge on any atom is 0.118 e. The van der Waals surface area contributed by atoms with Crippen LogP contribution in [-0.2, 0) is 10.2 Å². The monoisotopic (exact) mass is 275 g/mol. The van der Waals surface area contributed by atoms with Crippen molar-refractivity contribution in [2.45, 2.75) is 24.7 Å². The molecule has 1 aromatic rings. The first-order valence-corrected chi connectivity index (χ1v) is 7.22. The van der Waals surface area contributed by atoms with E-state index in [9.17, 15) is 0 Å². The van der Waals surface area contributed by atoms with Crippen LogP contribution in [0.2, 0.25) is 0 Å². The lowest BCUT2D eigenvalue weighted by Crippen LogP contribution is -2.87. The van der Waals surface area contributed by atoms with Gasteiger partial charge in [-0.05, 0) is 30.5 Å². The zero-order valence-corrected chi connectivity index (χ0v) is 12.1. The lowest BCUT2D eigenvalue weighted by Gasteiger charge is -2.36. The highest BCUT2D eigenvalue weighted by molar-refractivity contribution is 5.32. The van der Waals surface area contributed by atoms with Crippen molar-refractivity contribution < 1.29 is 14.8 Å². The van der Waals surface area contributed by atoms with Crippen molar-refractivity contribution in [1.29, 1.82) is 5.26 Å². The average Bonchev–Trinajstić information content (AvgIpc) is 2.53. The molecule has 0 radical (unpaired) electrons. The van der Waals surface area contributed by atoms with Gasteiger partial charge in [-0.25, -0.2) is 0 Å². The van der Waals surface area contributed by atoms with E-state index in [2.05, 4.69) is 23.5 Å². The number of hydrogen-bond acceptors (Lipinski definition) is 3. The van der Waals surface area contributed by atoms with Gasteiger partial charge in [0.1, 0.15) is 5.75 Å². The average molecular weight is 275 g/mol. The first-order chi connectivity index (χ1) is 9.80. The Balaban J connectivity index is 2.10. The second-order valence-electron chi connectivity index (χ2n) is 5.31. The van der Waals surface area contributed by atoms with Crippen LogP contribution in [0.4, 0.5) is 0 Å². The third kappa shape index (κ3) is 3.50. The molecule has 4 heteroatoms. The van der Waals surface area contributed by atoms with E-state index in [1.54, 1.807) is 7.11 Å². The first-order valence-electron chi connectivity index (χ1n) is 7.22. The SMILES string of the molecule is COc1ccc(C2(C[NH2+]CCC#N)CCOCC2)cc1. The normalized spacial score (nSPS) is 17.4. The molecule has 0 bridgehead atoms. The van der Waals surface area contributed by atoms with Crippen molar-refractivity contribution in [3.63, 3.8) is 0 Å². The predicted molar refractivity (Wildman–Crippen MR) is 76.6 cm³/mol. The number of quaternary nitrogens is 1. The molecule has 0 amide bonds. The minimum atomic E-state index is 0.167. The molecule has 2 rings (SSSR count). The molecular formula is C16H23N2O2+. The number of benzene rings is 1. The van der Waals surface area contributed by atoms with Crippen LogP contribution < -0.4 is 10.1 Å². The Bertz CT molecular complexity index is 445. The molecule has 0 atom stereocenters. The number of methoxy groups -OCH3 is 1. The maximum absolute atomic E-state index is 8.64. The van der Waals surface area contributed by atoms with Gasteiger partial charge < -0.3 is 14.8 Å². The summed E-state index contributed by atoms with van der Waals surface area (Å²) < 4.78 is 10.8. The largest absolute Gasteiger partial charge is 0.497 e. The summed E-state index contributed by atoms with van der Waals surface area (Å²) in [5, 5.41) is 10.9. The number of nitrogens with two attached hydrogens (primary N) is 1. The van der Waals surface area contributed by atoms with E-state index in [1.165, 1.54) is 5.56 Å². The van der Waals surface area contributed by atoms with E-state index in [-0.39, 0.29) is 5.41 Å². The lowest BCUT2D eigenvalue weighted by atomic mass is 9.74. The fraction of sp³-hybridized carbons (Fsp3) is 0.562. The quantitative estimate of drug-likeness (QED) is 0.794. The minimum absolute atomic E-state index is 0.167. The highest BCUT2D eigenvalue weighted by Crippen LogP contribution is 2.34. The van der Waals surface area contributed by atoms with E-state index in [0.29, 0.717) is 6.42 Å². The van der Waals surface area contributed by atoms with Crippen molar-refractivity contribution in [3.05, 3.63) is 29.8 Å². The van der Waals surface area contributed by atoms with Gasteiger partial charge in [-0.1, -0.05) is 12.1 Å². The smallest absolute Gasteiger partial charge is 0.118 e. The van der Waals surface area contributed by atoms with Crippen LogP contribution in [0.15, 0.2) is 24.3 Å². The molecule has 0 aliphatic carbocycles. The fourth-order valence-electron chi connectivity index (χ4n) is 2.86. The Hall–Kier alpha value is -1.57. The van der Waals surface area contributed by atoms with Crippen LogP contribution in [0.5, 0.6) is 5.75 Å². The molecular weight excluding hydrogens is 252 g/mol. The van der Waals surface area contributed by atoms with Gasteiger partial charge in [0, 0.05) is 18.6 Å². The van der Waals surface area contributed by atoms with Crippen molar-refractivity contribution in [3.8, 4) is 11.8 Å². The third-order valence-corrected chi connectivity index (χ3v) is 4.15. The summed E-state index contributed by atoms with van der Waals surface area (Å²) >= 11 is 0. The van der Waals surface area contributed by atoms with E-state index in [0.717, 1.165) is 44.9 Å². The van der Waals surface area contributed by atoms with Gasteiger partial charge in [-0.2, -0.15) is 5.26 Å². The minimum Gasteiger partial charge on any atom is -0.497 e. The van der Waals surface area contributed by atoms with Gasteiger partial charge in [0.05, 0.1) is 32.7 Å². The molecule has 1 aliphatic rings. The molecule has 0 aromatic heterocycles. The van der Waals surface area contributed by atoms with Gasteiger partial charge >= 0.3 is 0 Å².